The zero-order chi connectivity index (χ0) is 26.5. The summed E-state index contributed by atoms with van der Waals surface area (Å²) in [7, 11) is -3.83. The molecule has 36 heavy (non-hydrogen) atoms. The van der Waals surface area contributed by atoms with Gasteiger partial charge in [-0.15, -0.1) is 0 Å². The number of rotatable bonds is 11. The standard InChI is InChI=1S/C25H32BrN3O6S/c1-5-17(3)27-25(31)18(4)28(14-19-8-7-9-20(26)12-19)24(30)15-29(36(32,33)6-2)21-10-11-22-23(13-21)35-16-34-22/h7-13,17-18H,5-6,14-16H2,1-4H3,(H,27,31)/t17-,18+/m0/s1. The molecule has 1 aliphatic heterocycles. The van der Waals surface area contributed by atoms with Crippen LogP contribution >= 0.6 is 15.9 Å². The van der Waals surface area contributed by atoms with Crippen molar-refractivity contribution in [1.82, 2.24) is 10.2 Å². The highest BCUT2D eigenvalue weighted by atomic mass is 79.9. The van der Waals surface area contributed by atoms with E-state index in [0.717, 1.165) is 20.8 Å². The predicted octanol–water partition coefficient (Wildman–Crippen LogP) is 3.67. The summed E-state index contributed by atoms with van der Waals surface area (Å²) in [4.78, 5) is 28.1. The van der Waals surface area contributed by atoms with Crippen molar-refractivity contribution in [1.29, 1.82) is 0 Å². The number of benzene rings is 2. The van der Waals surface area contributed by atoms with Crippen LogP contribution in [0.2, 0.25) is 0 Å². The molecule has 196 valence electrons. The lowest BCUT2D eigenvalue weighted by Crippen LogP contribution is -2.52. The Balaban J connectivity index is 1.94. The van der Waals surface area contributed by atoms with E-state index in [-0.39, 0.29) is 36.7 Å². The number of sulfonamides is 1. The molecule has 2 aromatic rings. The first-order chi connectivity index (χ1) is 17.1. The lowest BCUT2D eigenvalue weighted by atomic mass is 10.1. The lowest BCUT2D eigenvalue weighted by molar-refractivity contribution is -0.139. The van der Waals surface area contributed by atoms with Crippen LogP contribution in [0.4, 0.5) is 5.69 Å². The molecule has 1 aliphatic rings. The van der Waals surface area contributed by atoms with Crippen LogP contribution < -0.4 is 19.1 Å². The summed E-state index contributed by atoms with van der Waals surface area (Å²) < 4.78 is 38.7. The fraction of sp³-hybridized carbons (Fsp3) is 0.440. The summed E-state index contributed by atoms with van der Waals surface area (Å²) in [6, 6.07) is 11.3. The Labute approximate surface area is 220 Å². The molecule has 1 heterocycles. The third-order valence-electron chi connectivity index (χ3n) is 6.03. The van der Waals surface area contributed by atoms with Crippen molar-refractivity contribution >= 4 is 43.5 Å². The number of carbonyl (C=O) groups is 2. The molecule has 2 atom stereocenters. The monoisotopic (exact) mass is 581 g/mol. The number of carbonyl (C=O) groups excluding carboxylic acids is 2. The fourth-order valence-electron chi connectivity index (χ4n) is 3.64. The van der Waals surface area contributed by atoms with Gasteiger partial charge in [0.25, 0.3) is 0 Å². The third kappa shape index (κ3) is 6.70. The Morgan fingerprint density at radius 2 is 1.81 bits per heavy atom. The van der Waals surface area contributed by atoms with Crippen LogP contribution in [0.5, 0.6) is 11.5 Å². The number of hydrogen-bond acceptors (Lipinski definition) is 6. The fourth-order valence-corrected chi connectivity index (χ4v) is 5.14. The molecule has 0 saturated heterocycles. The van der Waals surface area contributed by atoms with Crippen molar-refractivity contribution < 1.29 is 27.5 Å². The van der Waals surface area contributed by atoms with Crippen LogP contribution in [0.3, 0.4) is 0 Å². The second-order valence-electron chi connectivity index (χ2n) is 8.59. The number of nitrogens with one attached hydrogen (secondary N) is 1. The van der Waals surface area contributed by atoms with Crippen molar-refractivity contribution in [2.24, 2.45) is 0 Å². The Kier molecular flexibility index (Phi) is 9.24. The summed E-state index contributed by atoms with van der Waals surface area (Å²) >= 11 is 3.44. The summed E-state index contributed by atoms with van der Waals surface area (Å²) in [5.74, 6) is -0.101. The van der Waals surface area contributed by atoms with Crippen LogP contribution in [0.1, 0.15) is 39.7 Å². The third-order valence-corrected chi connectivity index (χ3v) is 8.27. The molecule has 0 unspecified atom stereocenters. The second kappa shape index (κ2) is 12.0. The van der Waals surface area contributed by atoms with Crippen molar-refractivity contribution in [2.45, 2.75) is 52.7 Å². The van der Waals surface area contributed by atoms with Gasteiger partial charge >= 0.3 is 0 Å². The van der Waals surface area contributed by atoms with E-state index < -0.39 is 28.5 Å². The predicted molar refractivity (Wildman–Crippen MR) is 141 cm³/mol. The minimum absolute atomic E-state index is 0.0431. The Morgan fingerprint density at radius 3 is 2.47 bits per heavy atom. The number of nitrogens with zero attached hydrogens (tertiary/aromatic N) is 2. The van der Waals surface area contributed by atoms with Gasteiger partial charge in [-0.3, -0.25) is 13.9 Å². The summed E-state index contributed by atoms with van der Waals surface area (Å²) in [5, 5.41) is 2.91. The quantitative estimate of drug-likeness (QED) is 0.434. The van der Waals surface area contributed by atoms with Crippen LogP contribution in [-0.4, -0.2) is 56.3 Å². The number of amides is 2. The van der Waals surface area contributed by atoms with E-state index in [1.807, 2.05) is 38.1 Å². The van der Waals surface area contributed by atoms with E-state index >= 15 is 0 Å². The molecule has 11 heteroatoms. The van der Waals surface area contributed by atoms with Crippen molar-refractivity contribution in [3.8, 4) is 11.5 Å². The molecule has 0 saturated carbocycles. The van der Waals surface area contributed by atoms with Crippen LogP contribution in [-0.2, 0) is 26.2 Å². The summed E-state index contributed by atoms with van der Waals surface area (Å²) in [5.41, 5.74) is 1.09. The van der Waals surface area contributed by atoms with Gasteiger partial charge in [0, 0.05) is 23.1 Å². The van der Waals surface area contributed by atoms with Gasteiger partial charge in [-0.1, -0.05) is 35.0 Å². The maximum Gasteiger partial charge on any atom is 0.244 e. The Bertz CT molecular complexity index is 1210. The summed E-state index contributed by atoms with van der Waals surface area (Å²) in [6.07, 6.45) is 0.741. The highest BCUT2D eigenvalue weighted by Crippen LogP contribution is 2.36. The molecule has 2 aromatic carbocycles. The molecule has 2 amide bonds. The molecule has 0 radical (unpaired) electrons. The Morgan fingerprint density at radius 1 is 1.08 bits per heavy atom. The molecule has 0 spiro atoms. The molecule has 3 rings (SSSR count). The van der Waals surface area contributed by atoms with E-state index in [1.54, 1.807) is 25.1 Å². The average molecular weight is 583 g/mol. The second-order valence-corrected chi connectivity index (χ2v) is 11.7. The first-order valence-electron chi connectivity index (χ1n) is 11.8. The van der Waals surface area contributed by atoms with Gasteiger partial charge in [0.15, 0.2) is 11.5 Å². The number of ether oxygens (including phenoxy) is 2. The van der Waals surface area contributed by atoms with Gasteiger partial charge in [-0.05, 0) is 57.0 Å². The molecular weight excluding hydrogens is 550 g/mol. The maximum absolute atomic E-state index is 13.7. The van der Waals surface area contributed by atoms with Gasteiger partial charge in [0.05, 0.1) is 11.4 Å². The first kappa shape index (κ1) is 27.8. The van der Waals surface area contributed by atoms with Gasteiger partial charge in [0.1, 0.15) is 12.6 Å². The molecule has 0 aromatic heterocycles. The van der Waals surface area contributed by atoms with Gasteiger partial charge in [0.2, 0.25) is 28.6 Å². The van der Waals surface area contributed by atoms with Crippen molar-refractivity contribution in [2.75, 3.05) is 23.4 Å². The van der Waals surface area contributed by atoms with E-state index in [9.17, 15) is 18.0 Å². The smallest absolute Gasteiger partial charge is 0.244 e. The highest BCUT2D eigenvalue weighted by molar-refractivity contribution is 9.10. The van der Waals surface area contributed by atoms with E-state index in [4.69, 9.17) is 9.47 Å². The number of hydrogen-bond donors (Lipinski definition) is 1. The first-order valence-corrected chi connectivity index (χ1v) is 14.2. The summed E-state index contributed by atoms with van der Waals surface area (Å²) in [6.45, 7) is 6.72. The number of anilines is 1. The molecule has 0 aliphatic carbocycles. The minimum atomic E-state index is -3.83. The lowest BCUT2D eigenvalue weighted by Gasteiger charge is -2.32. The molecular formula is C25H32BrN3O6S. The van der Waals surface area contributed by atoms with Crippen LogP contribution in [0.25, 0.3) is 0 Å². The van der Waals surface area contributed by atoms with E-state index in [0.29, 0.717) is 11.5 Å². The van der Waals surface area contributed by atoms with Gasteiger partial charge in [-0.2, -0.15) is 0 Å². The van der Waals surface area contributed by atoms with E-state index in [2.05, 4.69) is 21.2 Å². The van der Waals surface area contributed by atoms with E-state index in [1.165, 1.54) is 11.8 Å². The normalized spacial score (nSPS) is 14.1. The SMILES string of the molecule is CC[C@H](C)NC(=O)[C@@H](C)N(Cc1cccc(Br)c1)C(=O)CN(c1ccc2c(c1)OCO2)S(=O)(=O)CC. The molecule has 1 N–H and O–H groups in total. The van der Waals surface area contributed by atoms with Crippen molar-refractivity contribution in [3.05, 3.63) is 52.5 Å². The molecule has 0 bridgehead atoms. The van der Waals surface area contributed by atoms with Gasteiger partial charge < -0.3 is 19.7 Å². The Hall–Kier alpha value is -2.79. The maximum atomic E-state index is 13.7. The molecule has 0 fully saturated rings. The van der Waals surface area contributed by atoms with Gasteiger partial charge in [-0.25, -0.2) is 8.42 Å². The number of halogens is 1. The highest BCUT2D eigenvalue weighted by Gasteiger charge is 2.32. The van der Waals surface area contributed by atoms with Crippen LogP contribution in [0.15, 0.2) is 46.9 Å². The zero-order valence-corrected chi connectivity index (χ0v) is 23.3. The largest absolute Gasteiger partial charge is 0.454 e. The average Bonchev–Trinajstić information content (AvgIpc) is 3.33. The minimum Gasteiger partial charge on any atom is -0.454 e. The number of fused-ring (bicyclic) bond motifs is 1. The topological polar surface area (TPSA) is 105 Å². The van der Waals surface area contributed by atoms with Crippen molar-refractivity contribution in [3.63, 3.8) is 0 Å². The molecule has 9 nitrogen and oxygen atoms in total. The van der Waals surface area contributed by atoms with Crippen LogP contribution in [0, 0.1) is 0 Å². The zero-order valence-electron chi connectivity index (χ0n) is 20.9.